The highest BCUT2D eigenvalue weighted by atomic mass is 16.5. The van der Waals surface area contributed by atoms with Crippen LogP contribution in [-0.4, -0.2) is 41.5 Å². The topological polar surface area (TPSA) is 72.6 Å². The molecule has 0 saturated carbocycles. The molecule has 0 bridgehead atoms. The zero-order chi connectivity index (χ0) is 21.1. The molecule has 4 rings (SSSR count). The predicted octanol–water partition coefficient (Wildman–Crippen LogP) is 3.94. The van der Waals surface area contributed by atoms with Crippen LogP contribution in [0.1, 0.15) is 41.3 Å². The maximum atomic E-state index is 12.4. The van der Waals surface area contributed by atoms with Gasteiger partial charge in [-0.05, 0) is 55.5 Å². The Balaban J connectivity index is 1.25. The Morgan fingerprint density at radius 3 is 2.60 bits per heavy atom. The van der Waals surface area contributed by atoms with E-state index < -0.39 is 0 Å². The van der Waals surface area contributed by atoms with Gasteiger partial charge in [-0.2, -0.15) is 0 Å². The van der Waals surface area contributed by atoms with E-state index in [0.29, 0.717) is 13.1 Å². The number of hydrogen-bond acceptors (Lipinski definition) is 5. The van der Waals surface area contributed by atoms with E-state index in [1.165, 1.54) is 5.56 Å². The number of ether oxygens (including phenoxy) is 1. The molecule has 2 heterocycles. The van der Waals surface area contributed by atoms with Crippen molar-refractivity contribution in [1.82, 2.24) is 9.88 Å². The lowest BCUT2D eigenvalue weighted by Crippen LogP contribution is -2.40. The Hall–Kier alpha value is -3.15. The van der Waals surface area contributed by atoms with Crippen LogP contribution in [0.5, 0.6) is 0 Å². The standard InChI is InChI=1S/C24H26N2O4/c1-16-7-8-18(13-17(16)2)14-23(28)29-15-22(27)26-11-9-19(10-12-26)24-25-20-5-3-4-6-21(20)30-24/h3-8,13,19H,9-12,14-15H2,1-2H3. The smallest absolute Gasteiger partial charge is 0.310 e. The number of fused-ring (bicyclic) bond motifs is 1. The third-order valence-corrected chi connectivity index (χ3v) is 5.78. The Kier molecular flexibility index (Phi) is 5.84. The van der Waals surface area contributed by atoms with Gasteiger partial charge in [0.1, 0.15) is 5.52 Å². The van der Waals surface area contributed by atoms with Gasteiger partial charge < -0.3 is 14.1 Å². The predicted molar refractivity (Wildman–Crippen MR) is 113 cm³/mol. The first-order valence-electron chi connectivity index (χ1n) is 10.3. The van der Waals surface area contributed by atoms with Gasteiger partial charge in [0.15, 0.2) is 18.1 Å². The summed E-state index contributed by atoms with van der Waals surface area (Å²) in [5.74, 6) is 0.407. The van der Waals surface area contributed by atoms with Gasteiger partial charge in [0, 0.05) is 19.0 Å². The molecule has 1 aromatic heterocycles. The highest BCUT2D eigenvalue weighted by Gasteiger charge is 2.27. The van der Waals surface area contributed by atoms with Crippen molar-refractivity contribution in [3.63, 3.8) is 0 Å². The Bertz CT molecular complexity index is 1030. The fourth-order valence-corrected chi connectivity index (χ4v) is 3.81. The molecule has 1 fully saturated rings. The summed E-state index contributed by atoms with van der Waals surface area (Å²) in [6.07, 6.45) is 1.75. The third-order valence-electron chi connectivity index (χ3n) is 5.78. The second-order valence-corrected chi connectivity index (χ2v) is 7.93. The first-order chi connectivity index (χ1) is 14.5. The lowest BCUT2D eigenvalue weighted by molar-refractivity contribution is -0.152. The Morgan fingerprint density at radius 2 is 1.87 bits per heavy atom. The number of carbonyl (C=O) groups is 2. The number of para-hydroxylation sites is 2. The SMILES string of the molecule is Cc1ccc(CC(=O)OCC(=O)N2CCC(c3nc4ccccc4o3)CC2)cc1C. The average Bonchev–Trinajstić information content (AvgIpc) is 3.19. The molecule has 6 heteroatoms. The molecular formula is C24H26N2O4. The van der Waals surface area contributed by atoms with E-state index in [2.05, 4.69) is 4.98 Å². The molecule has 30 heavy (non-hydrogen) atoms. The van der Waals surface area contributed by atoms with Crippen molar-refractivity contribution in [2.45, 2.75) is 39.0 Å². The number of piperidine rings is 1. The van der Waals surface area contributed by atoms with Crippen molar-refractivity contribution in [1.29, 1.82) is 0 Å². The van der Waals surface area contributed by atoms with E-state index in [1.54, 1.807) is 4.90 Å². The summed E-state index contributed by atoms with van der Waals surface area (Å²) >= 11 is 0. The average molecular weight is 406 g/mol. The molecule has 6 nitrogen and oxygen atoms in total. The summed E-state index contributed by atoms with van der Waals surface area (Å²) in [5.41, 5.74) is 4.87. The third kappa shape index (κ3) is 4.53. The molecule has 3 aromatic rings. The van der Waals surface area contributed by atoms with Gasteiger partial charge in [0.05, 0.1) is 6.42 Å². The zero-order valence-electron chi connectivity index (χ0n) is 17.4. The number of oxazole rings is 1. The van der Waals surface area contributed by atoms with Crippen molar-refractivity contribution in [3.05, 3.63) is 65.0 Å². The molecule has 156 valence electrons. The van der Waals surface area contributed by atoms with Crippen LogP contribution in [0.4, 0.5) is 0 Å². The summed E-state index contributed by atoms with van der Waals surface area (Å²) in [4.78, 5) is 30.9. The lowest BCUT2D eigenvalue weighted by atomic mass is 9.97. The first-order valence-corrected chi connectivity index (χ1v) is 10.3. The zero-order valence-corrected chi connectivity index (χ0v) is 17.4. The number of carbonyl (C=O) groups excluding carboxylic acids is 2. The molecule has 0 atom stereocenters. The fourth-order valence-electron chi connectivity index (χ4n) is 3.81. The highest BCUT2D eigenvalue weighted by Crippen LogP contribution is 2.29. The van der Waals surface area contributed by atoms with E-state index in [4.69, 9.17) is 9.15 Å². The quantitative estimate of drug-likeness (QED) is 0.600. The van der Waals surface area contributed by atoms with Gasteiger partial charge in [0.2, 0.25) is 0 Å². The van der Waals surface area contributed by atoms with Crippen molar-refractivity contribution in [2.75, 3.05) is 19.7 Å². The molecule has 1 amide bonds. The maximum Gasteiger partial charge on any atom is 0.310 e. The molecular weight excluding hydrogens is 380 g/mol. The van der Waals surface area contributed by atoms with Crippen molar-refractivity contribution < 1.29 is 18.7 Å². The number of nitrogens with zero attached hydrogens (tertiary/aromatic N) is 2. The van der Waals surface area contributed by atoms with Crippen LogP contribution in [0.2, 0.25) is 0 Å². The fraction of sp³-hybridized carbons (Fsp3) is 0.375. The number of likely N-dealkylation sites (tertiary alicyclic amines) is 1. The highest BCUT2D eigenvalue weighted by molar-refractivity contribution is 5.81. The number of aromatic nitrogens is 1. The van der Waals surface area contributed by atoms with Crippen LogP contribution in [0, 0.1) is 13.8 Å². The van der Waals surface area contributed by atoms with Crippen LogP contribution in [0.15, 0.2) is 46.9 Å². The van der Waals surface area contributed by atoms with Gasteiger partial charge in [0.25, 0.3) is 5.91 Å². The number of esters is 1. The summed E-state index contributed by atoms with van der Waals surface area (Å²) in [7, 11) is 0. The van der Waals surface area contributed by atoms with Gasteiger partial charge in [-0.25, -0.2) is 4.98 Å². The minimum Gasteiger partial charge on any atom is -0.455 e. The van der Waals surface area contributed by atoms with Gasteiger partial charge in [-0.3, -0.25) is 9.59 Å². The normalized spacial score (nSPS) is 14.8. The van der Waals surface area contributed by atoms with E-state index in [1.807, 2.05) is 56.3 Å². The number of benzene rings is 2. The van der Waals surface area contributed by atoms with E-state index in [9.17, 15) is 9.59 Å². The summed E-state index contributed by atoms with van der Waals surface area (Å²) in [6.45, 7) is 5.05. The summed E-state index contributed by atoms with van der Waals surface area (Å²) < 4.78 is 11.1. The number of hydrogen-bond donors (Lipinski definition) is 0. The maximum absolute atomic E-state index is 12.4. The molecule has 1 aliphatic rings. The summed E-state index contributed by atoms with van der Waals surface area (Å²) in [6, 6.07) is 13.6. The van der Waals surface area contributed by atoms with E-state index in [-0.39, 0.29) is 30.8 Å². The van der Waals surface area contributed by atoms with Crippen LogP contribution in [0.25, 0.3) is 11.1 Å². The Morgan fingerprint density at radius 1 is 1.10 bits per heavy atom. The van der Waals surface area contributed by atoms with Gasteiger partial charge in [-0.15, -0.1) is 0 Å². The number of aryl methyl sites for hydroxylation is 2. The van der Waals surface area contributed by atoms with Crippen molar-refractivity contribution >= 4 is 23.0 Å². The number of amides is 1. The molecule has 0 radical (unpaired) electrons. The van der Waals surface area contributed by atoms with Gasteiger partial charge >= 0.3 is 5.97 Å². The van der Waals surface area contributed by atoms with E-state index >= 15 is 0 Å². The molecule has 0 spiro atoms. The molecule has 1 aliphatic heterocycles. The molecule has 1 saturated heterocycles. The molecule has 2 aromatic carbocycles. The van der Waals surface area contributed by atoms with Crippen LogP contribution >= 0.6 is 0 Å². The lowest BCUT2D eigenvalue weighted by Gasteiger charge is -2.30. The molecule has 0 unspecified atom stereocenters. The second kappa shape index (κ2) is 8.69. The van der Waals surface area contributed by atoms with Crippen molar-refractivity contribution in [2.24, 2.45) is 0 Å². The molecule has 0 aliphatic carbocycles. The first kappa shape index (κ1) is 20.1. The number of rotatable bonds is 5. The van der Waals surface area contributed by atoms with Crippen LogP contribution < -0.4 is 0 Å². The van der Waals surface area contributed by atoms with Crippen LogP contribution in [-0.2, 0) is 20.7 Å². The summed E-state index contributed by atoms with van der Waals surface area (Å²) in [5, 5.41) is 0. The molecule has 0 N–H and O–H groups in total. The minimum absolute atomic E-state index is 0.153. The minimum atomic E-state index is -0.382. The largest absolute Gasteiger partial charge is 0.455 e. The van der Waals surface area contributed by atoms with Crippen LogP contribution in [0.3, 0.4) is 0 Å². The van der Waals surface area contributed by atoms with E-state index in [0.717, 1.165) is 41.0 Å². The monoisotopic (exact) mass is 406 g/mol. The Labute approximate surface area is 175 Å². The van der Waals surface area contributed by atoms with Gasteiger partial charge in [-0.1, -0.05) is 30.3 Å². The van der Waals surface area contributed by atoms with Crippen molar-refractivity contribution in [3.8, 4) is 0 Å². The second-order valence-electron chi connectivity index (χ2n) is 7.93.